The zero-order chi connectivity index (χ0) is 38.5. The van der Waals surface area contributed by atoms with Crippen LogP contribution in [0.4, 0.5) is 0 Å². The van der Waals surface area contributed by atoms with Crippen molar-refractivity contribution in [3.8, 4) is 23.0 Å². The second-order valence-electron chi connectivity index (χ2n) is 12.8. The minimum Gasteiger partial charge on any atom is -0.481 e. The molecule has 12 heteroatoms. The second-order valence-corrected chi connectivity index (χ2v) is 15.6. The largest absolute Gasteiger partial charge is 0.481 e. The van der Waals surface area contributed by atoms with Crippen molar-refractivity contribution >= 4 is 47.3 Å². The number of para-hydroxylation sites is 2. The van der Waals surface area contributed by atoms with Gasteiger partial charge in [-0.1, -0.05) is 74.5 Å². The lowest BCUT2D eigenvalue weighted by Crippen LogP contribution is -2.64. The van der Waals surface area contributed by atoms with Gasteiger partial charge in [0.1, 0.15) is 23.0 Å². The Labute approximate surface area is 324 Å². The van der Waals surface area contributed by atoms with Crippen LogP contribution in [0.2, 0.25) is 0 Å². The van der Waals surface area contributed by atoms with Crippen LogP contribution in [0.5, 0.6) is 23.0 Å². The first kappa shape index (κ1) is 40.2. The third-order valence-electron chi connectivity index (χ3n) is 9.28. The van der Waals surface area contributed by atoms with E-state index >= 15 is 0 Å². The number of nitrogens with zero attached hydrogens (tertiary/aromatic N) is 2. The van der Waals surface area contributed by atoms with Gasteiger partial charge in [-0.05, 0) is 71.2 Å². The lowest BCUT2D eigenvalue weighted by atomic mass is 9.55. The molecule has 4 aromatic carbocycles. The van der Waals surface area contributed by atoms with Crippen molar-refractivity contribution < 1.29 is 38.9 Å². The molecule has 5 rings (SSSR count). The smallest absolute Gasteiger partial charge is 0.308 e. The Morgan fingerprint density at radius 2 is 0.852 bits per heavy atom. The first-order chi connectivity index (χ1) is 26.2. The molecule has 0 unspecified atom stereocenters. The summed E-state index contributed by atoms with van der Waals surface area (Å²) >= 11 is 3.25. The van der Waals surface area contributed by atoms with E-state index in [1.54, 1.807) is 47.8 Å². The van der Waals surface area contributed by atoms with Crippen molar-refractivity contribution in [2.75, 3.05) is 36.1 Å². The number of benzene rings is 4. The van der Waals surface area contributed by atoms with Gasteiger partial charge in [-0.25, -0.2) is 0 Å². The fourth-order valence-electron chi connectivity index (χ4n) is 6.59. The van der Waals surface area contributed by atoms with Crippen LogP contribution >= 0.6 is 23.5 Å². The Hall–Kier alpha value is -4.94. The monoisotopic (exact) mass is 770 g/mol. The van der Waals surface area contributed by atoms with Crippen molar-refractivity contribution in [1.29, 1.82) is 0 Å². The molecule has 0 aliphatic heterocycles. The highest BCUT2D eigenvalue weighted by molar-refractivity contribution is 7.99. The van der Waals surface area contributed by atoms with Gasteiger partial charge in [0.2, 0.25) is 11.8 Å². The van der Waals surface area contributed by atoms with Gasteiger partial charge in [-0.3, -0.25) is 19.2 Å². The molecule has 1 aliphatic carbocycles. The van der Waals surface area contributed by atoms with Crippen LogP contribution in [0, 0.1) is 23.7 Å². The van der Waals surface area contributed by atoms with Gasteiger partial charge >= 0.3 is 11.9 Å². The lowest BCUT2D eigenvalue weighted by Gasteiger charge is -2.48. The molecule has 0 spiro atoms. The predicted octanol–water partition coefficient (Wildman–Crippen LogP) is 7.78. The van der Waals surface area contributed by atoms with Gasteiger partial charge in [0.15, 0.2) is 0 Å². The molecule has 0 aromatic heterocycles. The molecule has 2 N–H and O–H groups in total. The first-order valence-electron chi connectivity index (χ1n) is 18.0. The van der Waals surface area contributed by atoms with Crippen molar-refractivity contribution in [3.05, 3.63) is 120 Å². The number of thioether (sulfide) groups is 2. The summed E-state index contributed by atoms with van der Waals surface area (Å²) in [6, 6.07) is 33.1. The van der Waals surface area contributed by atoms with Crippen molar-refractivity contribution in [3.63, 3.8) is 0 Å². The van der Waals surface area contributed by atoms with Crippen LogP contribution in [-0.4, -0.2) is 79.9 Å². The molecule has 2 amide bonds. The van der Waals surface area contributed by atoms with Crippen LogP contribution in [0.25, 0.3) is 0 Å². The number of amides is 2. The summed E-state index contributed by atoms with van der Waals surface area (Å²) < 4.78 is 11.8. The standard InChI is InChI=1S/C42H46N2O8S2/c1-3-53-25-23-43(27-29-15-19-33(20-16-29)51-31-11-7-5-8-12-31)39(45)35-37(41(47)48)36(38(35)42(49)50)40(46)44(24-26-54-4-2)28-30-17-21-34(22-18-30)52-32-13-9-6-10-14-32/h5-22,35-38H,3-4,23-28H2,1-2H3,(H,47,48)(H,49,50)/t35-,36-,37-,38-. The molecule has 1 saturated carbocycles. The van der Waals surface area contributed by atoms with E-state index in [1.807, 2.05) is 98.8 Å². The summed E-state index contributed by atoms with van der Waals surface area (Å²) in [7, 11) is 0. The number of aliphatic carboxylic acids is 2. The maximum Gasteiger partial charge on any atom is 0.308 e. The lowest BCUT2D eigenvalue weighted by molar-refractivity contribution is -0.187. The molecule has 0 bridgehead atoms. The summed E-state index contributed by atoms with van der Waals surface area (Å²) in [6.07, 6.45) is 0. The van der Waals surface area contributed by atoms with Gasteiger partial charge in [-0.15, -0.1) is 0 Å². The summed E-state index contributed by atoms with van der Waals surface area (Å²) in [5.41, 5.74) is 1.55. The molecule has 0 radical (unpaired) electrons. The van der Waals surface area contributed by atoms with Crippen LogP contribution in [0.1, 0.15) is 25.0 Å². The molecule has 1 aliphatic rings. The zero-order valence-electron chi connectivity index (χ0n) is 30.4. The number of rotatable bonds is 20. The maximum atomic E-state index is 14.3. The SMILES string of the molecule is CCSCCN(Cc1ccc(Oc2ccccc2)cc1)C(=O)[C@H]1[C@H](C(=O)O)[C@H](C(=O)N(CCSCC)Cc2ccc(Oc3ccccc3)cc2)[C@H]1C(=O)O. The molecule has 10 nitrogen and oxygen atoms in total. The number of carbonyl (C=O) groups excluding carboxylic acids is 2. The molecule has 4 aromatic rings. The molecular formula is C42H46N2O8S2. The van der Waals surface area contributed by atoms with Crippen LogP contribution in [0.3, 0.4) is 0 Å². The zero-order valence-corrected chi connectivity index (χ0v) is 32.0. The molecular weight excluding hydrogens is 725 g/mol. The van der Waals surface area contributed by atoms with Gasteiger partial charge in [0, 0.05) is 37.7 Å². The molecule has 0 heterocycles. The Morgan fingerprint density at radius 1 is 0.519 bits per heavy atom. The van der Waals surface area contributed by atoms with E-state index < -0.39 is 47.4 Å². The van der Waals surface area contributed by atoms with Gasteiger partial charge in [0.05, 0.1) is 23.7 Å². The van der Waals surface area contributed by atoms with E-state index in [1.165, 1.54) is 9.80 Å². The third kappa shape index (κ3) is 10.6. The van der Waals surface area contributed by atoms with Crippen LogP contribution in [-0.2, 0) is 32.3 Å². The minimum absolute atomic E-state index is 0.146. The number of ether oxygens (including phenoxy) is 2. The molecule has 1 fully saturated rings. The number of hydrogen-bond donors (Lipinski definition) is 2. The number of carbonyl (C=O) groups is 4. The number of carboxylic acids is 2. The molecule has 54 heavy (non-hydrogen) atoms. The maximum absolute atomic E-state index is 14.3. The van der Waals surface area contributed by atoms with Gasteiger partial charge in [0.25, 0.3) is 0 Å². The summed E-state index contributed by atoms with van der Waals surface area (Å²) in [5.74, 6) is -4.28. The average Bonchev–Trinajstić information content (AvgIpc) is 3.15. The fourth-order valence-corrected chi connectivity index (χ4v) is 7.86. The van der Waals surface area contributed by atoms with Crippen molar-refractivity contribution in [1.82, 2.24) is 9.80 Å². The Morgan fingerprint density at radius 3 is 1.17 bits per heavy atom. The van der Waals surface area contributed by atoms with E-state index in [4.69, 9.17) is 9.47 Å². The fraction of sp³-hybridized carbons (Fsp3) is 0.333. The highest BCUT2D eigenvalue weighted by Gasteiger charge is 2.64. The van der Waals surface area contributed by atoms with Crippen LogP contribution in [0.15, 0.2) is 109 Å². The third-order valence-corrected chi connectivity index (χ3v) is 11.0. The Bertz CT molecular complexity index is 1680. The highest BCUT2D eigenvalue weighted by Crippen LogP contribution is 2.49. The molecule has 284 valence electrons. The van der Waals surface area contributed by atoms with Crippen molar-refractivity contribution in [2.24, 2.45) is 23.7 Å². The Kier molecular flexibility index (Phi) is 14.9. The van der Waals surface area contributed by atoms with Crippen LogP contribution < -0.4 is 9.47 Å². The van der Waals surface area contributed by atoms with E-state index in [0.29, 0.717) is 34.5 Å². The summed E-state index contributed by atoms with van der Waals surface area (Å²) in [6.45, 7) is 4.88. The minimum atomic E-state index is -1.49. The van der Waals surface area contributed by atoms with E-state index in [-0.39, 0.29) is 26.2 Å². The predicted molar refractivity (Wildman–Crippen MR) is 212 cm³/mol. The number of hydrogen-bond acceptors (Lipinski definition) is 8. The van der Waals surface area contributed by atoms with Crippen molar-refractivity contribution in [2.45, 2.75) is 26.9 Å². The molecule has 0 saturated heterocycles. The van der Waals surface area contributed by atoms with Gasteiger partial charge < -0.3 is 29.5 Å². The Balaban J connectivity index is 1.34. The van der Waals surface area contributed by atoms with Gasteiger partial charge in [-0.2, -0.15) is 23.5 Å². The van der Waals surface area contributed by atoms with E-state index in [9.17, 15) is 29.4 Å². The quantitative estimate of drug-likeness (QED) is 0.0859. The highest BCUT2D eigenvalue weighted by atomic mass is 32.2. The van der Waals surface area contributed by atoms with E-state index in [2.05, 4.69) is 0 Å². The average molecular weight is 771 g/mol. The van der Waals surface area contributed by atoms with E-state index in [0.717, 1.165) is 22.6 Å². The topological polar surface area (TPSA) is 134 Å². The first-order valence-corrected chi connectivity index (χ1v) is 20.3. The second kappa shape index (κ2) is 19.9. The molecule has 0 atom stereocenters. The normalized spacial score (nSPS) is 17.5. The summed E-state index contributed by atoms with van der Waals surface area (Å²) in [5, 5.41) is 21.0. The summed E-state index contributed by atoms with van der Waals surface area (Å²) in [4.78, 5) is 57.4. The number of carboxylic acid groups (broad SMARTS) is 2.